The standard InChI is InChI=1S/C17H25NO2S/c1-4-18(5-2)8-9-20-11-16(19)14-6-7-17-15(10-14)13(3)12-21-17/h6-7,10,12,16,19H,4-5,8-9,11H2,1-3H3. The van der Waals surface area contributed by atoms with Crippen LogP contribution < -0.4 is 0 Å². The van der Waals surface area contributed by atoms with Gasteiger partial charge in [-0.2, -0.15) is 0 Å². The number of hydrogen-bond donors (Lipinski definition) is 1. The van der Waals surface area contributed by atoms with Crippen LogP contribution in [-0.4, -0.2) is 42.9 Å². The Morgan fingerprint density at radius 3 is 2.76 bits per heavy atom. The van der Waals surface area contributed by atoms with Gasteiger partial charge in [0.1, 0.15) is 6.10 Å². The highest BCUT2D eigenvalue weighted by atomic mass is 32.1. The molecule has 0 aliphatic carbocycles. The highest BCUT2D eigenvalue weighted by Crippen LogP contribution is 2.28. The van der Waals surface area contributed by atoms with Crippen molar-refractivity contribution < 1.29 is 9.84 Å². The molecule has 116 valence electrons. The molecule has 0 spiro atoms. The van der Waals surface area contributed by atoms with Crippen LogP contribution in [0.3, 0.4) is 0 Å². The molecule has 2 rings (SSSR count). The Morgan fingerprint density at radius 1 is 1.29 bits per heavy atom. The summed E-state index contributed by atoms with van der Waals surface area (Å²) in [6.45, 7) is 10.4. The Hall–Kier alpha value is -0.940. The molecule has 0 aliphatic heterocycles. The molecule has 0 saturated heterocycles. The van der Waals surface area contributed by atoms with E-state index in [0.29, 0.717) is 13.2 Å². The Balaban J connectivity index is 1.87. The first-order valence-electron chi connectivity index (χ1n) is 7.61. The number of hydrogen-bond acceptors (Lipinski definition) is 4. The summed E-state index contributed by atoms with van der Waals surface area (Å²) in [5.74, 6) is 0. The number of rotatable bonds is 8. The van der Waals surface area contributed by atoms with E-state index in [1.807, 2.05) is 6.07 Å². The molecule has 1 aromatic heterocycles. The fraction of sp³-hybridized carbons (Fsp3) is 0.529. The van der Waals surface area contributed by atoms with E-state index in [9.17, 15) is 5.11 Å². The summed E-state index contributed by atoms with van der Waals surface area (Å²) in [6, 6.07) is 6.16. The van der Waals surface area contributed by atoms with Crippen LogP contribution in [0.5, 0.6) is 0 Å². The molecular formula is C17H25NO2S. The molecule has 1 atom stereocenters. The van der Waals surface area contributed by atoms with Gasteiger partial charge in [0.2, 0.25) is 0 Å². The van der Waals surface area contributed by atoms with Gasteiger partial charge < -0.3 is 14.7 Å². The quantitative estimate of drug-likeness (QED) is 0.756. The van der Waals surface area contributed by atoms with Crippen LogP contribution in [0.4, 0.5) is 0 Å². The van der Waals surface area contributed by atoms with Crippen molar-refractivity contribution in [3.63, 3.8) is 0 Å². The molecule has 0 saturated carbocycles. The van der Waals surface area contributed by atoms with Crippen molar-refractivity contribution in [3.05, 3.63) is 34.7 Å². The second kappa shape index (κ2) is 7.90. The van der Waals surface area contributed by atoms with Gasteiger partial charge in [-0.1, -0.05) is 19.9 Å². The molecule has 21 heavy (non-hydrogen) atoms. The third-order valence-electron chi connectivity index (χ3n) is 3.90. The second-order valence-electron chi connectivity index (χ2n) is 5.29. The lowest BCUT2D eigenvalue weighted by Crippen LogP contribution is -2.27. The van der Waals surface area contributed by atoms with Crippen molar-refractivity contribution in [2.75, 3.05) is 32.8 Å². The smallest absolute Gasteiger partial charge is 0.102 e. The van der Waals surface area contributed by atoms with E-state index in [1.165, 1.54) is 15.6 Å². The zero-order valence-electron chi connectivity index (χ0n) is 13.1. The highest BCUT2D eigenvalue weighted by Gasteiger charge is 2.10. The lowest BCUT2D eigenvalue weighted by Gasteiger charge is -2.18. The van der Waals surface area contributed by atoms with Gasteiger partial charge in [0.25, 0.3) is 0 Å². The summed E-state index contributed by atoms with van der Waals surface area (Å²) >= 11 is 1.75. The Morgan fingerprint density at radius 2 is 2.05 bits per heavy atom. The predicted octanol–water partition coefficient (Wildman–Crippen LogP) is 3.60. The van der Waals surface area contributed by atoms with E-state index in [-0.39, 0.29) is 0 Å². The summed E-state index contributed by atoms with van der Waals surface area (Å²) in [7, 11) is 0. The lowest BCUT2D eigenvalue weighted by atomic mass is 10.1. The molecule has 1 unspecified atom stereocenters. The first kappa shape index (κ1) is 16.4. The number of aliphatic hydroxyl groups excluding tert-OH is 1. The zero-order valence-corrected chi connectivity index (χ0v) is 13.9. The van der Waals surface area contributed by atoms with Crippen molar-refractivity contribution in [2.45, 2.75) is 26.9 Å². The average Bonchev–Trinajstić information content (AvgIpc) is 2.88. The van der Waals surface area contributed by atoms with E-state index < -0.39 is 6.10 Å². The second-order valence-corrected chi connectivity index (χ2v) is 6.20. The SMILES string of the molecule is CCN(CC)CCOCC(O)c1ccc2scc(C)c2c1. The van der Waals surface area contributed by atoms with Gasteiger partial charge >= 0.3 is 0 Å². The largest absolute Gasteiger partial charge is 0.386 e. The van der Waals surface area contributed by atoms with Crippen molar-refractivity contribution in [3.8, 4) is 0 Å². The summed E-state index contributed by atoms with van der Waals surface area (Å²) in [5.41, 5.74) is 2.21. The first-order valence-corrected chi connectivity index (χ1v) is 8.49. The Kier molecular flexibility index (Phi) is 6.18. The van der Waals surface area contributed by atoms with Crippen LogP contribution in [0, 0.1) is 6.92 Å². The van der Waals surface area contributed by atoms with Crippen molar-refractivity contribution in [1.29, 1.82) is 0 Å². The summed E-state index contributed by atoms with van der Waals surface area (Å²) < 4.78 is 6.89. The van der Waals surface area contributed by atoms with Crippen LogP contribution in [0.15, 0.2) is 23.6 Å². The van der Waals surface area contributed by atoms with Crippen LogP contribution in [0.2, 0.25) is 0 Å². The molecule has 0 fully saturated rings. The van der Waals surface area contributed by atoms with Gasteiger partial charge in [0, 0.05) is 11.2 Å². The monoisotopic (exact) mass is 307 g/mol. The minimum atomic E-state index is -0.551. The molecule has 0 aliphatic rings. The molecule has 2 aromatic rings. The highest BCUT2D eigenvalue weighted by molar-refractivity contribution is 7.17. The number of fused-ring (bicyclic) bond motifs is 1. The minimum absolute atomic E-state index is 0.357. The van der Waals surface area contributed by atoms with Gasteiger partial charge in [-0.05, 0) is 54.0 Å². The summed E-state index contributed by atoms with van der Waals surface area (Å²) in [4.78, 5) is 2.31. The average molecular weight is 307 g/mol. The molecule has 0 radical (unpaired) electrons. The van der Waals surface area contributed by atoms with Gasteiger partial charge in [0.15, 0.2) is 0 Å². The van der Waals surface area contributed by atoms with Crippen LogP contribution in [0.1, 0.15) is 31.1 Å². The Bertz CT molecular complexity index is 563. The normalized spacial score (nSPS) is 13.2. The van der Waals surface area contributed by atoms with Crippen molar-refractivity contribution in [1.82, 2.24) is 4.90 Å². The van der Waals surface area contributed by atoms with Gasteiger partial charge in [0.05, 0.1) is 13.2 Å². The zero-order chi connectivity index (χ0) is 15.2. The minimum Gasteiger partial charge on any atom is -0.386 e. The van der Waals surface area contributed by atoms with Gasteiger partial charge in [-0.3, -0.25) is 0 Å². The number of ether oxygens (including phenoxy) is 1. The fourth-order valence-electron chi connectivity index (χ4n) is 2.41. The summed E-state index contributed by atoms with van der Waals surface area (Å²) in [6.07, 6.45) is -0.551. The van der Waals surface area contributed by atoms with E-state index in [2.05, 4.69) is 43.2 Å². The number of aryl methyl sites for hydroxylation is 1. The van der Waals surface area contributed by atoms with Crippen molar-refractivity contribution in [2.24, 2.45) is 0 Å². The topological polar surface area (TPSA) is 32.7 Å². The summed E-state index contributed by atoms with van der Waals surface area (Å²) in [5, 5.41) is 13.6. The van der Waals surface area contributed by atoms with Crippen LogP contribution in [-0.2, 0) is 4.74 Å². The third-order valence-corrected chi connectivity index (χ3v) is 4.98. The van der Waals surface area contributed by atoms with E-state index >= 15 is 0 Å². The molecule has 4 heteroatoms. The number of nitrogens with zero attached hydrogens (tertiary/aromatic N) is 1. The maximum absolute atomic E-state index is 10.3. The molecule has 3 nitrogen and oxygen atoms in total. The number of thiophene rings is 1. The molecular weight excluding hydrogens is 282 g/mol. The fourth-order valence-corrected chi connectivity index (χ4v) is 3.33. The molecule has 1 heterocycles. The third kappa shape index (κ3) is 4.27. The van der Waals surface area contributed by atoms with E-state index in [4.69, 9.17) is 4.74 Å². The van der Waals surface area contributed by atoms with Crippen LogP contribution >= 0.6 is 11.3 Å². The van der Waals surface area contributed by atoms with Crippen LogP contribution in [0.25, 0.3) is 10.1 Å². The molecule has 0 amide bonds. The first-order chi connectivity index (χ1) is 10.2. The van der Waals surface area contributed by atoms with Crippen molar-refractivity contribution >= 4 is 21.4 Å². The van der Waals surface area contributed by atoms with E-state index in [0.717, 1.165) is 25.2 Å². The molecule has 1 N–H and O–H groups in total. The maximum atomic E-state index is 10.3. The lowest BCUT2D eigenvalue weighted by molar-refractivity contribution is 0.0274. The number of aliphatic hydroxyl groups is 1. The Labute approximate surface area is 131 Å². The molecule has 0 bridgehead atoms. The number of likely N-dealkylation sites (N-methyl/N-ethyl adjacent to an activating group) is 1. The number of benzene rings is 1. The van der Waals surface area contributed by atoms with E-state index in [1.54, 1.807) is 11.3 Å². The molecule has 1 aromatic carbocycles. The van der Waals surface area contributed by atoms with Gasteiger partial charge in [-0.15, -0.1) is 11.3 Å². The van der Waals surface area contributed by atoms with Gasteiger partial charge in [-0.25, -0.2) is 0 Å². The predicted molar refractivity (Wildman–Crippen MR) is 90.1 cm³/mol. The maximum Gasteiger partial charge on any atom is 0.102 e.